The molecule has 2 aromatic rings. The molecule has 0 bridgehead atoms. The number of nitrogens with zero attached hydrogens (tertiary/aromatic N) is 1. The van der Waals surface area contributed by atoms with Crippen molar-refractivity contribution in [1.82, 2.24) is 10.2 Å². The number of nitrogens with one attached hydrogen (secondary N) is 1. The highest BCUT2D eigenvalue weighted by molar-refractivity contribution is 7.98. The van der Waals surface area contributed by atoms with Gasteiger partial charge < -0.3 is 9.84 Å². The van der Waals surface area contributed by atoms with Crippen LogP contribution in [-0.2, 0) is 14.4 Å². The summed E-state index contributed by atoms with van der Waals surface area (Å²) >= 11 is 1.65. The van der Waals surface area contributed by atoms with Gasteiger partial charge in [-0.1, -0.05) is 30.3 Å². The number of para-hydroxylation sites is 1. The molecule has 2 amide bonds. The summed E-state index contributed by atoms with van der Waals surface area (Å²) in [4.78, 5) is 39.1. The number of amides is 2. The molecule has 8 heteroatoms. The lowest BCUT2D eigenvalue weighted by Crippen LogP contribution is -2.43. The minimum Gasteiger partial charge on any atom is -0.480 e. The smallest absolute Gasteiger partial charge is 0.321 e. The summed E-state index contributed by atoms with van der Waals surface area (Å²) in [5.74, 6) is -1.23. The molecule has 31 heavy (non-hydrogen) atoms. The van der Waals surface area contributed by atoms with Crippen LogP contribution in [0.1, 0.15) is 18.0 Å². The molecule has 0 aliphatic carbocycles. The number of carboxylic acid groups (broad SMARTS) is 1. The van der Waals surface area contributed by atoms with E-state index in [1.807, 2.05) is 48.7 Å². The van der Waals surface area contributed by atoms with Crippen LogP contribution in [0.15, 0.2) is 54.6 Å². The van der Waals surface area contributed by atoms with Gasteiger partial charge in [0, 0.05) is 12.6 Å². The fourth-order valence-electron chi connectivity index (χ4n) is 4.36. The molecule has 0 spiro atoms. The number of imide groups is 1. The minimum absolute atomic E-state index is 0.290. The average molecular weight is 441 g/mol. The number of benzene rings is 2. The largest absolute Gasteiger partial charge is 0.480 e. The van der Waals surface area contributed by atoms with E-state index in [4.69, 9.17) is 4.74 Å². The highest BCUT2D eigenvalue weighted by Crippen LogP contribution is 2.44. The number of carboxylic acids is 1. The Morgan fingerprint density at radius 1 is 1.03 bits per heavy atom. The van der Waals surface area contributed by atoms with Gasteiger partial charge in [0.15, 0.2) is 0 Å². The van der Waals surface area contributed by atoms with Gasteiger partial charge >= 0.3 is 5.97 Å². The van der Waals surface area contributed by atoms with Gasteiger partial charge in [-0.05, 0) is 48.3 Å². The van der Waals surface area contributed by atoms with Gasteiger partial charge in [-0.2, -0.15) is 11.8 Å². The van der Waals surface area contributed by atoms with E-state index in [1.54, 1.807) is 23.9 Å². The number of carbonyl (C=O) groups is 3. The van der Waals surface area contributed by atoms with Crippen molar-refractivity contribution in [1.29, 1.82) is 0 Å². The third kappa shape index (κ3) is 4.18. The van der Waals surface area contributed by atoms with Gasteiger partial charge in [-0.15, -0.1) is 0 Å². The van der Waals surface area contributed by atoms with Crippen molar-refractivity contribution < 1.29 is 24.2 Å². The summed E-state index contributed by atoms with van der Waals surface area (Å²) in [5.41, 5.74) is 0.756. The summed E-state index contributed by atoms with van der Waals surface area (Å²) in [6.07, 6.45) is 2.66. The van der Waals surface area contributed by atoms with E-state index < -0.39 is 29.9 Å². The molecular formula is C23H24N2O5S. The third-order valence-corrected chi connectivity index (χ3v) is 6.48. The maximum absolute atomic E-state index is 13.1. The lowest BCUT2D eigenvalue weighted by atomic mass is 9.86. The van der Waals surface area contributed by atoms with Crippen molar-refractivity contribution in [3.63, 3.8) is 0 Å². The molecule has 7 nitrogen and oxygen atoms in total. The highest BCUT2D eigenvalue weighted by Gasteiger charge is 2.60. The van der Waals surface area contributed by atoms with Gasteiger partial charge in [0.05, 0.1) is 11.8 Å². The van der Waals surface area contributed by atoms with Crippen LogP contribution in [0.5, 0.6) is 11.5 Å². The predicted octanol–water partition coefficient (Wildman–Crippen LogP) is 2.93. The minimum atomic E-state index is -1.12. The van der Waals surface area contributed by atoms with Gasteiger partial charge in [-0.25, -0.2) is 0 Å². The van der Waals surface area contributed by atoms with Crippen molar-refractivity contribution in [3.8, 4) is 11.5 Å². The molecule has 162 valence electrons. The first-order valence-corrected chi connectivity index (χ1v) is 11.6. The van der Waals surface area contributed by atoms with E-state index in [2.05, 4.69) is 5.32 Å². The van der Waals surface area contributed by atoms with Crippen LogP contribution in [0, 0.1) is 11.8 Å². The first-order chi connectivity index (χ1) is 15.0. The maximum atomic E-state index is 13.1. The zero-order valence-corrected chi connectivity index (χ0v) is 17.9. The molecule has 2 aliphatic rings. The lowest BCUT2D eigenvalue weighted by Gasteiger charge is -2.21. The second kappa shape index (κ2) is 9.11. The Kier molecular flexibility index (Phi) is 6.29. The number of ether oxygens (including phenoxy) is 1. The monoisotopic (exact) mass is 440 g/mol. The molecule has 2 saturated heterocycles. The van der Waals surface area contributed by atoms with E-state index in [1.165, 1.54) is 4.90 Å². The van der Waals surface area contributed by atoms with E-state index in [-0.39, 0.29) is 11.8 Å². The molecule has 2 aromatic carbocycles. The Labute approximate surface area is 184 Å². The summed E-state index contributed by atoms with van der Waals surface area (Å²) in [6.45, 7) is 0.328. The topological polar surface area (TPSA) is 95.9 Å². The van der Waals surface area contributed by atoms with E-state index in [0.29, 0.717) is 24.5 Å². The number of thioether (sulfide) groups is 1. The number of fused-ring (bicyclic) bond motifs is 1. The van der Waals surface area contributed by atoms with Crippen molar-refractivity contribution in [2.24, 2.45) is 11.8 Å². The molecule has 4 rings (SSSR count). The van der Waals surface area contributed by atoms with Crippen LogP contribution in [0.2, 0.25) is 0 Å². The third-order valence-electron chi connectivity index (χ3n) is 5.78. The number of rotatable bonds is 8. The molecule has 2 fully saturated rings. The second-order valence-corrected chi connectivity index (χ2v) is 8.66. The normalized spacial score (nSPS) is 25.0. The first kappa shape index (κ1) is 21.4. The van der Waals surface area contributed by atoms with Gasteiger partial charge in [0.2, 0.25) is 11.8 Å². The fourth-order valence-corrected chi connectivity index (χ4v) is 4.78. The molecule has 4 unspecified atom stereocenters. The van der Waals surface area contributed by atoms with Crippen LogP contribution in [-0.4, -0.2) is 52.4 Å². The SMILES string of the molecule is CSCCCN1C(=O)C2C(C(=O)O)NC(c3ccc(Oc4ccccc4)cc3)C2C1=O. The van der Waals surface area contributed by atoms with Crippen molar-refractivity contribution in [2.45, 2.75) is 18.5 Å². The average Bonchev–Trinajstić information content (AvgIpc) is 3.28. The van der Waals surface area contributed by atoms with Crippen molar-refractivity contribution in [3.05, 3.63) is 60.2 Å². The molecule has 0 saturated carbocycles. The number of carbonyl (C=O) groups excluding carboxylic acids is 2. The summed E-state index contributed by atoms with van der Waals surface area (Å²) in [6, 6.07) is 14.9. The van der Waals surface area contributed by atoms with Crippen LogP contribution in [0.4, 0.5) is 0 Å². The first-order valence-electron chi connectivity index (χ1n) is 10.2. The Balaban J connectivity index is 1.56. The standard InChI is InChI=1S/C23H24N2O5S/c1-31-13-5-12-25-21(26)17-18(22(25)27)20(23(28)29)24-19(17)14-8-10-16(11-9-14)30-15-6-3-2-4-7-15/h2-4,6-11,17-20,24H,5,12-13H2,1H3,(H,28,29). The second-order valence-electron chi connectivity index (χ2n) is 7.67. The van der Waals surface area contributed by atoms with E-state index in [0.717, 1.165) is 11.3 Å². The van der Waals surface area contributed by atoms with Crippen molar-refractivity contribution in [2.75, 3.05) is 18.6 Å². The summed E-state index contributed by atoms with van der Waals surface area (Å²) in [7, 11) is 0. The molecule has 0 radical (unpaired) electrons. The quantitative estimate of drug-likeness (QED) is 0.481. The summed E-state index contributed by atoms with van der Waals surface area (Å²) < 4.78 is 5.81. The van der Waals surface area contributed by atoms with Gasteiger partial charge in [0.1, 0.15) is 17.5 Å². The van der Waals surface area contributed by atoms with E-state index >= 15 is 0 Å². The molecular weight excluding hydrogens is 416 g/mol. The Morgan fingerprint density at radius 2 is 1.68 bits per heavy atom. The molecule has 2 heterocycles. The number of likely N-dealkylation sites (tertiary alicyclic amines) is 1. The zero-order valence-electron chi connectivity index (χ0n) is 17.1. The number of hydrogen-bond acceptors (Lipinski definition) is 6. The maximum Gasteiger partial charge on any atom is 0.321 e. The molecule has 2 N–H and O–H groups in total. The van der Waals surface area contributed by atoms with Crippen LogP contribution >= 0.6 is 11.8 Å². The number of aliphatic carboxylic acids is 1. The predicted molar refractivity (Wildman–Crippen MR) is 117 cm³/mol. The zero-order chi connectivity index (χ0) is 22.0. The van der Waals surface area contributed by atoms with E-state index in [9.17, 15) is 19.5 Å². The summed E-state index contributed by atoms with van der Waals surface area (Å²) in [5, 5.41) is 12.7. The fraction of sp³-hybridized carbons (Fsp3) is 0.348. The van der Waals surface area contributed by atoms with Gasteiger partial charge in [0.25, 0.3) is 0 Å². The van der Waals surface area contributed by atoms with Gasteiger partial charge in [-0.3, -0.25) is 24.6 Å². The molecule has 0 aromatic heterocycles. The Bertz CT molecular complexity index is 966. The van der Waals surface area contributed by atoms with Crippen LogP contribution in [0.25, 0.3) is 0 Å². The highest BCUT2D eigenvalue weighted by atomic mass is 32.2. The van der Waals surface area contributed by atoms with Crippen LogP contribution < -0.4 is 10.1 Å². The van der Waals surface area contributed by atoms with Crippen molar-refractivity contribution >= 4 is 29.5 Å². The lowest BCUT2D eigenvalue weighted by molar-refractivity contribution is -0.146. The molecule has 2 aliphatic heterocycles. The molecule has 4 atom stereocenters. The Hall–Kier alpha value is -2.84. The van der Waals surface area contributed by atoms with Crippen LogP contribution in [0.3, 0.4) is 0 Å². The number of hydrogen-bond donors (Lipinski definition) is 2. The Morgan fingerprint density at radius 3 is 2.32 bits per heavy atom.